The molecule has 0 aliphatic rings. The van der Waals surface area contributed by atoms with E-state index in [1.165, 1.54) is 0 Å². The Morgan fingerprint density at radius 2 is 2.08 bits per heavy atom. The van der Waals surface area contributed by atoms with E-state index in [4.69, 9.17) is 10.4 Å². The number of aliphatic carboxylic acids is 1. The van der Waals surface area contributed by atoms with Gasteiger partial charge in [-0.1, -0.05) is 0 Å². The summed E-state index contributed by atoms with van der Waals surface area (Å²) >= 11 is 0. The van der Waals surface area contributed by atoms with Crippen LogP contribution in [0.1, 0.15) is 5.56 Å². The largest absolute Gasteiger partial charge is 0.480 e. The molecule has 0 heterocycles. The van der Waals surface area contributed by atoms with Gasteiger partial charge in [0.1, 0.15) is 6.54 Å². The molecule has 4 heteroatoms. The van der Waals surface area contributed by atoms with E-state index in [2.05, 4.69) is 5.32 Å². The molecule has 2 N–H and O–H groups in total. The monoisotopic (exact) mass is 182 g/mol. The third-order valence-electron chi connectivity index (χ3n) is 1.46. The molecular weight excluding hydrogens is 174 g/mol. The van der Waals surface area contributed by atoms with Crippen molar-refractivity contribution in [1.82, 2.24) is 0 Å². The first-order chi connectivity index (χ1) is 6.22. The molecule has 0 aliphatic carbocycles. The number of carbonyl (C=O) groups is 1. The zero-order valence-electron chi connectivity index (χ0n) is 6.82. The molecule has 0 aliphatic heterocycles. The first-order valence-corrected chi connectivity index (χ1v) is 3.68. The average Bonchev–Trinajstić information content (AvgIpc) is 2.15. The maximum absolute atomic E-state index is 10.2. The number of carboxylic acid groups (broad SMARTS) is 1. The molecule has 0 atom stereocenters. The summed E-state index contributed by atoms with van der Waals surface area (Å²) in [6, 6.07) is 8.57. The Kier molecular flexibility index (Phi) is 2.87. The summed E-state index contributed by atoms with van der Waals surface area (Å²) in [4.78, 5) is 10.2. The number of nitrogens with zero attached hydrogens (tertiary/aromatic N) is 1. The molecule has 1 aromatic rings. The van der Waals surface area contributed by atoms with Crippen molar-refractivity contribution in [2.45, 2.75) is 0 Å². The molecule has 1 aromatic carbocycles. The van der Waals surface area contributed by atoms with E-state index in [0.29, 0.717) is 11.3 Å². The van der Waals surface area contributed by atoms with Crippen molar-refractivity contribution in [2.75, 3.05) is 11.9 Å². The molecule has 0 spiro atoms. The van der Waals surface area contributed by atoms with Crippen LogP contribution in [0.5, 0.6) is 0 Å². The lowest BCUT2D eigenvalue weighted by molar-refractivity contribution is -0.134. The number of anilines is 1. The average molecular weight is 182 g/mol. The van der Waals surface area contributed by atoms with Gasteiger partial charge < -0.3 is 10.4 Å². The second-order valence-corrected chi connectivity index (χ2v) is 2.44. The Hall–Kier alpha value is -2.02. The van der Waals surface area contributed by atoms with Gasteiger partial charge in [-0.05, 0) is 24.3 Å². The van der Waals surface area contributed by atoms with Gasteiger partial charge in [0.15, 0.2) is 0 Å². The van der Waals surface area contributed by atoms with Crippen LogP contribution in [0.2, 0.25) is 0 Å². The van der Waals surface area contributed by atoms with Crippen molar-refractivity contribution in [3.05, 3.63) is 29.8 Å². The molecular formula is C9H8N2O2. The van der Waals surface area contributed by atoms with Crippen LogP contribution in [-0.4, -0.2) is 17.6 Å². The Morgan fingerprint density at radius 3 is 2.54 bits per heavy atom. The zero-order valence-corrected chi connectivity index (χ0v) is 6.82. The number of hydrogen-bond donors (Lipinski definition) is 2. The van der Waals surface area contributed by atoms with Gasteiger partial charge in [0.25, 0.3) is 0 Å². The maximum Gasteiger partial charge on any atom is 0.322 e. The molecule has 1 rings (SSSR count). The summed E-state index contributed by atoms with van der Waals surface area (Å²) in [7, 11) is 0. The molecule has 0 aromatic heterocycles. The van der Waals surface area contributed by atoms with Gasteiger partial charge in [-0.15, -0.1) is 0 Å². The van der Waals surface area contributed by atoms with Gasteiger partial charge in [0, 0.05) is 5.69 Å². The van der Waals surface area contributed by atoms with Crippen molar-refractivity contribution in [2.24, 2.45) is 0 Å². The van der Waals surface area contributed by atoms with Crippen molar-refractivity contribution >= 4 is 11.7 Å². The lowest BCUT2D eigenvalue weighted by Gasteiger charge is -2.01. The molecule has 0 radical (unpaired) electrons. The minimum absolute atomic E-state index is 0.119. The van der Waals surface area contributed by atoms with Gasteiger partial charge in [-0.3, -0.25) is 4.79 Å². The fourth-order valence-electron chi connectivity index (χ4n) is 0.840. The number of carboxylic acids is 1. The zero-order chi connectivity index (χ0) is 9.68. The highest BCUT2D eigenvalue weighted by atomic mass is 16.4. The number of rotatable bonds is 3. The Morgan fingerprint density at radius 1 is 1.46 bits per heavy atom. The molecule has 13 heavy (non-hydrogen) atoms. The quantitative estimate of drug-likeness (QED) is 0.732. The number of benzene rings is 1. The maximum atomic E-state index is 10.2. The number of nitrogens with one attached hydrogen (secondary N) is 1. The van der Waals surface area contributed by atoms with E-state index < -0.39 is 5.97 Å². The molecule has 0 fully saturated rings. The predicted octanol–water partition coefficient (Wildman–Crippen LogP) is 1.05. The van der Waals surface area contributed by atoms with Gasteiger partial charge in [-0.2, -0.15) is 5.26 Å². The lowest BCUT2D eigenvalue weighted by Crippen LogP contribution is -2.11. The Labute approximate surface area is 75.4 Å². The highest BCUT2D eigenvalue weighted by Gasteiger charge is 1.96. The van der Waals surface area contributed by atoms with Crippen molar-refractivity contribution in [3.63, 3.8) is 0 Å². The van der Waals surface area contributed by atoms with Crippen LogP contribution in [0.25, 0.3) is 0 Å². The van der Waals surface area contributed by atoms with Crippen LogP contribution in [0, 0.1) is 11.3 Å². The summed E-state index contributed by atoms with van der Waals surface area (Å²) in [5, 5.41) is 19.5. The SMILES string of the molecule is N#C[13c]1[13cH][13cH][13c](NCC(=O)O)[13cH][13cH]1. The van der Waals surface area contributed by atoms with Gasteiger partial charge in [-0.25, -0.2) is 0 Å². The van der Waals surface area contributed by atoms with Gasteiger partial charge in [0.05, 0.1) is 11.6 Å². The first kappa shape index (κ1) is 9.07. The van der Waals surface area contributed by atoms with Crippen LogP contribution < -0.4 is 5.32 Å². The van der Waals surface area contributed by atoms with Gasteiger partial charge >= 0.3 is 5.97 Å². The van der Waals surface area contributed by atoms with Crippen molar-refractivity contribution in [3.8, 4) is 6.07 Å². The number of nitriles is 1. The fourth-order valence-corrected chi connectivity index (χ4v) is 0.840. The van der Waals surface area contributed by atoms with E-state index >= 15 is 0 Å². The smallest absolute Gasteiger partial charge is 0.322 e. The molecule has 4 nitrogen and oxygen atoms in total. The predicted molar refractivity (Wildman–Crippen MR) is 47.3 cm³/mol. The minimum Gasteiger partial charge on any atom is -0.480 e. The van der Waals surface area contributed by atoms with E-state index in [1.54, 1.807) is 24.3 Å². The van der Waals surface area contributed by atoms with E-state index in [9.17, 15) is 4.79 Å². The summed E-state index contributed by atoms with van der Waals surface area (Å²) in [6.45, 7) is -0.119. The molecule has 0 unspecified atom stereocenters. The topological polar surface area (TPSA) is 73.1 Å². The summed E-state index contributed by atoms with van der Waals surface area (Å²) < 4.78 is 0. The summed E-state index contributed by atoms with van der Waals surface area (Å²) in [6.07, 6.45) is 0. The van der Waals surface area contributed by atoms with Gasteiger partial charge in [0.2, 0.25) is 0 Å². The molecule has 0 saturated heterocycles. The third kappa shape index (κ3) is 2.83. The Bertz CT molecular complexity index is 338. The third-order valence-corrected chi connectivity index (χ3v) is 1.46. The van der Waals surface area contributed by atoms with E-state index in [-0.39, 0.29) is 6.54 Å². The second-order valence-electron chi connectivity index (χ2n) is 2.44. The molecule has 0 amide bonds. The van der Waals surface area contributed by atoms with Crippen LogP contribution in [-0.2, 0) is 4.79 Å². The summed E-state index contributed by atoms with van der Waals surface area (Å²) in [5.74, 6) is -0.913. The normalized spacial score (nSPS) is 8.85. The molecule has 66 valence electrons. The fraction of sp³-hybridized carbons (Fsp3) is 0.111. The second kappa shape index (κ2) is 4.12. The molecule has 0 saturated carbocycles. The van der Waals surface area contributed by atoms with E-state index in [1.807, 2.05) is 6.07 Å². The Balaban J connectivity index is 2.60. The van der Waals surface area contributed by atoms with Crippen LogP contribution in [0.15, 0.2) is 24.3 Å². The minimum atomic E-state index is -0.913. The van der Waals surface area contributed by atoms with Crippen molar-refractivity contribution < 1.29 is 9.90 Å². The highest BCUT2D eigenvalue weighted by molar-refractivity contribution is 5.72. The van der Waals surface area contributed by atoms with Crippen LogP contribution in [0.3, 0.4) is 0 Å². The van der Waals surface area contributed by atoms with Crippen LogP contribution in [0.4, 0.5) is 5.69 Å². The van der Waals surface area contributed by atoms with E-state index in [0.717, 1.165) is 0 Å². The lowest BCUT2D eigenvalue weighted by atomic mass is 10.7. The number of hydrogen-bond acceptors (Lipinski definition) is 3. The van der Waals surface area contributed by atoms with Crippen molar-refractivity contribution in [1.29, 1.82) is 5.26 Å². The van der Waals surface area contributed by atoms with Crippen LogP contribution >= 0.6 is 0 Å². The highest BCUT2D eigenvalue weighted by Crippen LogP contribution is 2.07. The standard InChI is InChI=1S/C9H8N2O2/c10-5-7-1-3-8(4-2-7)11-6-9(12)13/h1-4,11H,6H2,(H,12,13)/i1+1,2+1,3+1,4+1,7+1,8+1. The first-order valence-electron chi connectivity index (χ1n) is 3.68. The molecule has 0 bridgehead atoms. The summed E-state index contributed by atoms with van der Waals surface area (Å²) in [5.41, 5.74) is 1.25.